The van der Waals surface area contributed by atoms with Crippen molar-refractivity contribution in [1.82, 2.24) is 19.7 Å². The normalized spacial score (nSPS) is 14.9. The zero-order valence-electron chi connectivity index (χ0n) is 18.8. The summed E-state index contributed by atoms with van der Waals surface area (Å²) in [6.07, 6.45) is 3.00. The second kappa shape index (κ2) is 8.78. The summed E-state index contributed by atoms with van der Waals surface area (Å²) < 4.78 is 9.57. The molecule has 4 aromatic rings. The van der Waals surface area contributed by atoms with Crippen LogP contribution in [-0.2, 0) is 17.8 Å². The summed E-state index contributed by atoms with van der Waals surface area (Å²) in [6, 6.07) is 16.3. The van der Waals surface area contributed by atoms with Crippen LogP contribution in [0.3, 0.4) is 0 Å². The Morgan fingerprint density at radius 3 is 2.76 bits per heavy atom. The minimum Gasteiger partial charge on any atom is -0.497 e. The molecule has 2 aromatic heterocycles. The fraction of sp³-hybridized carbons (Fsp3) is 0.240. The molecular formula is C25H25N5O2S. The van der Waals surface area contributed by atoms with Gasteiger partial charge in [0.2, 0.25) is 5.91 Å². The fourth-order valence-electron chi connectivity index (χ4n) is 4.13. The summed E-state index contributed by atoms with van der Waals surface area (Å²) in [5.41, 5.74) is 5.12. The molecule has 0 atom stereocenters. The maximum Gasteiger partial charge on any atom is 0.236 e. The molecule has 1 saturated heterocycles. The predicted octanol–water partition coefficient (Wildman–Crippen LogP) is 4.94. The Bertz CT molecular complexity index is 1380. The van der Waals surface area contributed by atoms with E-state index in [0.717, 1.165) is 46.6 Å². The molecule has 5 rings (SSSR count). The van der Waals surface area contributed by atoms with Gasteiger partial charge in [0.1, 0.15) is 5.75 Å². The van der Waals surface area contributed by atoms with Crippen LogP contribution in [0.5, 0.6) is 5.75 Å². The van der Waals surface area contributed by atoms with Crippen molar-refractivity contribution < 1.29 is 9.53 Å². The van der Waals surface area contributed by atoms with Gasteiger partial charge in [-0.25, -0.2) is 9.67 Å². The Morgan fingerprint density at radius 2 is 2.03 bits per heavy atom. The zero-order chi connectivity index (χ0) is 22.9. The molecule has 8 heteroatoms. The maximum atomic E-state index is 11.7. The smallest absolute Gasteiger partial charge is 0.236 e. The first kappa shape index (κ1) is 21.3. The van der Waals surface area contributed by atoms with Gasteiger partial charge in [0.15, 0.2) is 11.0 Å². The van der Waals surface area contributed by atoms with Gasteiger partial charge in [-0.2, -0.15) is 5.10 Å². The lowest BCUT2D eigenvalue weighted by atomic mass is 10.1. The van der Waals surface area contributed by atoms with Crippen LogP contribution >= 0.6 is 11.8 Å². The molecule has 1 amide bonds. The highest BCUT2D eigenvalue weighted by Gasteiger charge is 2.21. The number of carbonyl (C=O) groups excluding carboxylic acids is 1. The number of nitrogens with zero attached hydrogens (tertiary/aromatic N) is 4. The van der Waals surface area contributed by atoms with Crippen molar-refractivity contribution >= 4 is 39.6 Å². The van der Waals surface area contributed by atoms with E-state index >= 15 is 0 Å². The summed E-state index contributed by atoms with van der Waals surface area (Å²) in [7, 11) is 1.68. The van der Waals surface area contributed by atoms with E-state index in [-0.39, 0.29) is 5.91 Å². The number of nitrogens with one attached hydrogen (secondary N) is 1. The van der Waals surface area contributed by atoms with E-state index in [1.807, 2.05) is 28.9 Å². The molecule has 0 spiro atoms. The maximum absolute atomic E-state index is 11.7. The van der Waals surface area contributed by atoms with Crippen LogP contribution in [0.1, 0.15) is 19.4 Å². The summed E-state index contributed by atoms with van der Waals surface area (Å²) >= 11 is 1.41. The number of aliphatic imine (C=N–C) groups is 1. The molecule has 0 bridgehead atoms. The molecule has 33 heavy (non-hydrogen) atoms. The number of amides is 1. The SMILES string of the molecule is CCc1ccccc1-n1nc(-c2cn(CC)c3ccc(OC)cc23)cc1/N=C1/NC(=O)CS1. The highest BCUT2D eigenvalue weighted by atomic mass is 32.2. The Hall–Kier alpha value is -3.52. The molecule has 1 aliphatic heterocycles. The van der Waals surface area contributed by atoms with E-state index in [1.165, 1.54) is 17.3 Å². The Labute approximate surface area is 196 Å². The van der Waals surface area contributed by atoms with Crippen LogP contribution in [0.25, 0.3) is 27.8 Å². The molecule has 1 fully saturated rings. The van der Waals surface area contributed by atoms with Gasteiger partial charge < -0.3 is 14.6 Å². The number of ether oxygens (including phenoxy) is 1. The average Bonchev–Trinajstić information content (AvgIpc) is 3.55. The number of hydrogen-bond acceptors (Lipinski definition) is 5. The topological polar surface area (TPSA) is 73.4 Å². The third-order valence-electron chi connectivity index (χ3n) is 5.80. The van der Waals surface area contributed by atoms with Crippen LogP contribution in [-0.4, -0.2) is 38.3 Å². The highest BCUT2D eigenvalue weighted by Crippen LogP contribution is 2.36. The van der Waals surface area contributed by atoms with Gasteiger partial charge in [-0.3, -0.25) is 4.79 Å². The Balaban J connectivity index is 1.72. The molecule has 1 N–H and O–H groups in total. The predicted molar refractivity (Wildman–Crippen MR) is 134 cm³/mol. The molecule has 1 aliphatic rings. The van der Waals surface area contributed by atoms with Crippen LogP contribution in [0.2, 0.25) is 0 Å². The Morgan fingerprint density at radius 1 is 1.18 bits per heavy atom. The van der Waals surface area contributed by atoms with Gasteiger partial charge in [0.05, 0.1) is 24.2 Å². The number of carbonyl (C=O) groups is 1. The van der Waals surface area contributed by atoms with Gasteiger partial charge in [-0.15, -0.1) is 0 Å². The van der Waals surface area contributed by atoms with Gasteiger partial charge >= 0.3 is 0 Å². The molecule has 0 radical (unpaired) electrons. The van der Waals surface area contributed by atoms with Gasteiger partial charge in [0.25, 0.3) is 0 Å². The first-order valence-electron chi connectivity index (χ1n) is 11.0. The van der Waals surface area contributed by atoms with Crippen LogP contribution in [0.4, 0.5) is 5.82 Å². The number of thioether (sulfide) groups is 1. The second-order valence-electron chi connectivity index (χ2n) is 7.75. The molecule has 3 heterocycles. The summed E-state index contributed by atoms with van der Waals surface area (Å²) in [5, 5.41) is 9.51. The number of hydrogen-bond donors (Lipinski definition) is 1. The van der Waals surface area contributed by atoms with Crippen molar-refractivity contribution in [2.24, 2.45) is 4.99 Å². The van der Waals surface area contributed by atoms with E-state index in [0.29, 0.717) is 16.7 Å². The molecular weight excluding hydrogens is 434 g/mol. The third-order valence-corrected chi connectivity index (χ3v) is 6.67. The van der Waals surface area contributed by atoms with Gasteiger partial charge in [-0.1, -0.05) is 36.9 Å². The van der Waals surface area contributed by atoms with Crippen molar-refractivity contribution in [2.45, 2.75) is 26.8 Å². The largest absolute Gasteiger partial charge is 0.497 e. The number of methoxy groups -OCH3 is 1. The monoisotopic (exact) mass is 459 g/mol. The van der Waals surface area contributed by atoms with Crippen LogP contribution < -0.4 is 10.1 Å². The zero-order valence-corrected chi connectivity index (χ0v) is 19.6. The van der Waals surface area contributed by atoms with Gasteiger partial charge in [-0.05, 0) is 43.2 Å². The standard InChI is InChI=1S/C25H25N5O2S/c1-4-16-8-6-7-9-21(16)30-23(26-25-27-24(31)15-33-25)13-20(28-30)19-14-29(5-2)22-11-10-17(32-3)12-18(19)22/h6-14H,4-5,15H2,1-3H3,(H,26,27,31). The molecule has 0 saturated carbocycles. The first-order chi connectivity index (χ1) is 16.1. The van der Waals surface area contributed by atoms with Crippen molar-refractivity contribution in [3.8, 4) is 22.7 Å². The number of amidine groups is 1. The number of aromatic nitrogens is 3. The molecule has 168 valence electrons. The van der Waals surface area contributed by atoms with E-state index in [9.17, 15) is 4.79 Å². The van der Waals surface area contributed by atoms with E-state index < -0.39 is 0 Å². The van der Waals surface area contributed by atoms with E-state index in [2.05, 4.69) is 54.2 Å². The van der Waals surface area contributed by atoms with Crippen LogP contribution in [0.15, 0.2) is 59.7 Å². The van der Waals surface area contributed by atoms with Gasteiger partial charge in [0, 0.05) is 35.3 Å². The fourth-order valence-corrected chi connectivity index (χ4v) is 4.82. The van der Waals surface area contributed by atoms with Crippen molar-refractivity contribution in [3.63, 3.8) is 0 Å². The number of aryl methyl sites for hydroxylation is 2. The van der Waals surface area contributed by atoms with E-state index in [4.69, 9.17) is 14.8 Å². The minimum atomic E-state index is -0.0305. The first-order valence-corrected chi connectivity index (χ1v) is 12.0. The third kappa shape index (κ3) is 3.91. The summed E-state index contributed by atoms with van der Waals surface area (Å²) in [4.78, 5) is 16.5. The van der Waals surface area contributed by atoms with E-state index in [1.54, 1.807) is 7.11 Å². The quantitative estimate of drug-likeness (QED) is 0.443. The highest BCUT2D eigenvalue weighted by molar-refractivity contribution is 8.15. The number of rotatable bonds is 6. The summed E-state index contributed by atoms with van der Waals surface area (Å²) in [6.45, 7) is 5.10. The summed E-state index contributed by atoms with van der Waals surface area (Å²) in [5.74, 6) is 1.83. The number of para-hydroxylation sites is 1. The lowest BCUT2D eigenvalue weighted by Gasteiger charge is -2.09. The lowest BCUT2D eigenvalue weighted by Crippen LogP contribution is -2.20. The number of benzene rings is 2. The molecule has 2 aromatic carbocycles. The van der Waals surface area contributed by atoms with Crippen molar-refractivity contribution in [3.05, 3.63) is 60.3 Å². The van der Waals surface area contributed by atoms with Crippen LogP contribution in [0, 0.1) is 0 Å². The molecule has 0 unspecified atom stereocenters. The minimum absolute atomic E-state index is 0.0305. The number of fused-ring (bicyclic) bond motifs is 1. The molecule has 0 aliphatic carbocycles. The Kier molecular flexibility index (Phi) is 5.68. The average molecular weight is 460 g/mol. The molecule has 7 nitrogen and oxygen atoms in total. The second-order valence-corrected chi connectivity index (χ2v) is 8.71. The van der Waals surface area contributed by atoms with Crippen molar-refractivity contribution in [2.75, 3.05) is 12.9 Å². The lowest BCUT2D eigenvalue weighted by molar-refractivity contribution is -0.116. The van der Waals surface area contributed by atoms with Crippen molar-refractivity contribution in [1.29, 1.82) is 0 Å².